The Morgan fingerprint density at radius 1 is 0.919 bits per heavy atom. The lowest BCUT2D eigenvalue weighted by Gasteiger charge is -2.10. The second-order valence-corrected chi connectivity index (χ2v) is 9.40. The first kappa shape index (κ1) is 26.1. The summed E-state index contributed by atoms with van der Waals surface area (Å²) in [5.41, 5.74) is 6.36. The van der Waals surface area contributed by atoms with E-state index in [1.54, 1.807) is 17.4 Å². The van der Waals surface area contributed by atoms with E-state index in [-0.39, 0.29) is 0 Å². The number of para-hydroxylation sites is 1. The van der Waals surface area contributed by atoms with Crippen molar-refractivity contribution in [3.05, 3.63) is 103 Å². The molecule has 186 valence electrons. The smallest absolute Gasteiger partial charge is 0.0910 e. The van der Waals surface area contributed by atoms with Gasteiger partial charge < -0.3 is 4.57 Å². The van der Waals surface area contributed by atoms with Crippen LogP contribution < -0.4 is 0 Å². The molecule has 0 N–H and O–H groups in total. The van der Waals surface area contributed by atoms with Gasteiger partial charge >= 0.3 is 0 Å². The Bertz CT molecular complexity index is 1720. The Labute approximate surface area is 223 Å². The number of benzene rings is 3. The molecule has 0 unspecified atom stereocenters. The molecule has 0 amide bonds. The number of hydrogen-bond donors (Lipinski definition) is 0. The minimum absolute atomic E-state index is 0.810. The average molecular weight is 504 g/mol. The van der Waals surface area contributed by atoms with Crippen LogP contribution in [0.5, 0.6) is 0 Å². The van der Waals surface area contributed by atoms with Gasteiger partial charge in [0, 0.05) is 38.3 Å². The molecule has 0 bridgehead atoms. The summed E-state index contributed by atoms with van der Waals surface area (Å²) >= 11 is 1.81. The highest BCUT2D eigenvalue weighted by atomic mass is 32.1. The van der Waals surface area contributed by atoms with Crippen LogP contribution in [0.1, 0.15) is 39.7 Å². The van der Waals surface area contributed by atoms with E-state index in [2.05, 4.69) is 109 Å². The highest BCUT2D eigenvalue weighted by molar-refractivity contribution is 7.26. The van der Waals surface area contributed by atoms with Crippen molar-refractivity contribution in [1.82, 2.24) is 9.55 Å². The Morgan fingerprint density at radius 3 is 2.24 bits per heavy atom. The van der Waals surface area contributed by atoms with Gasteiger partial charge in [-0.3, -0.25) is 9.98 Å². The van der Waals surface area contributed by atoms with Crippen LogP contribution >= 0.6 is 11.3 Å². The van der Waals surface area contributed by atoms with Gasteiger partial charge in [-0.25, -0.2) is 0 Å². The summed E-state index contributed by atoms with van der Waals surface area (Å²) in [6.07, 6.45) is 6.88. The molecule has 6 aromatic rings. The fourth-order valence-corrected chi connectivity index (χ4v) is 5.67. The monoisotopic (exact) mass is 503 g/mol. The molecule has 3 aromatic carbocycles. The van der Waals surface area contributed by atoms with Crippen LogP contribution in [0.15, 0.2) is 103 Å². The van der Waals surface area contributed by atoms with Crippen LogP contribution in [0.25, 0.3) is 53.5 Å². The van der Waals surface area contributed by atoms with Crippen molar-refractivity contribution in [2.24, 2.45) is 4.99 Å². The van der Waals surface area contributed by atoms with Crippen molar-refractivity contribution in [2.75, 3.05) is 0 Å². The number of rotatable bonds is 4. The molecule has 6 rings (SSSR count). The number of fused-ring (bicyclic) bond motifs is 7. The molecule has 0 spiro atoms. The van der Waals surface area contributed by atoms with Gasteiger partial charge in [0.1, 0.15) is 0 Å². The number of thiophene rings is 1. The van der Waals surface area contributed by atoms with Gasteiger partial charge in [-0.05, 0) is 37.1 Å². The molecule has 0 aliphatic heterocycles. The van der Waals surface area contributed by atoms with Crippen LogP contribution in [-0.4, -0.2) is 16.3 Å². The van der Waals surface area contributed by atoms with E-state index in [0.29, 0.717) is 0 Å². The van der Waals surface area contributed by atoms with Crippen LogP contribution in [0.4, 0.5) is 0 Å². The number of pyridine rings is 1. The lowest BCUT2D eigenvalue weighted by Crippen LogP contribution is -1.94. The Hall–Kier alpha value is -4.02. The van der Waals surface area contributed by atoms with Gasteiger partial charge in [-0.15, -0.1) is 11.3 Å². The van der Waals surface area contributed by atoms with Crippen molar-refractivity contribution in [2.45, 2.75) is 34.1 Å². The summed E-state index contributed by atoms with van der Waals surface area (Å²) in [5, 5.41) is 3.58. The van der Waals surface area contributed by atoms with Gasteiger partial charge in [-0.1, -0.05) is 95.3 Å². The second-order valence-electron chi connectivity index (χ2n) is 8.35. The van der Waals surface area contributed by atoms with Crippen molar-refractivity contribution < 1.29 is 0 Å². The molecule has 0 radical (unpaired) electrons. The number of nitrogens with zero attached hydrogens (tertiary/aromatic N) is 3. The van der Waals surface area contributed by atoms with E-state index in [1.807, 2.05) is 26.1 Å². The number of allylic oxidation sites excluding steroid dienone is 2. The lowest BCUT2D eigenvalue weighted by molar-refractivity contribution is 1.09. The zero-order valence-electron chi connectivity index (χ0n) is 22.0. The van der Waals surface area contributed by atoms with Gasteiger partial charge in [-0.2, -0.15) is 0 Å². The molecule has 0 saturated heterocycles. The molecular weight excluding hydrogens is 470 g/mol. The summed E-state index contributed by atoms with van der Waals surface area (Å²) in [5.74, 6) is 0. The Kier molecular flexibility index (Phi) is 8.32. The van der Waals surface area contributed by atoms with E-state index in [9.17, 15) is 0 Å². The average Bonchev–Trinajstić information content (AvgIpc) is 3.49. The number of aromatic nitrogens is 2. The summed E-state index contributed by atoms with van der Waals surface area (Å²) in [4.78, 5) is 9.02. The van der Waals surface area contributed by atoms with E-state index >= 15 is 0 Å². The summed E-state index contributed by atoms with van der Waals surface area (Å²) in [7, 11) is 0. The molecule has 3 aromatic heterocycles. The topological polar surface area (TPSA) is 30.2 Å². The third-order valence-corrected chi connectivity index (χ3v) is 7.06. The standard InChI is InChI=1S/C28H19N3S.C3H8.C2H6/c1-3-8-23(29-2)18-13-15-19(16-14-18)31-24-11-6-4-9-20(24)22-17-30-26-21-10-5-7-12-25(21)32-28(26)27(22)31;1-3-2;1-2/h3-17H,1-2H2;3H2,1-2H3;1-2H3/b23-8-;;. The van der Waals surface area contributed by atoms with E-state index in [0.717, 1.165) is 22.5 Å². The second kappa shape index (κ2) is 11.8. The molecule has 0 aliphatic rings. The Morgan fingerprint density at radius 2 is 1.57 bits per heavy atom. The first-order chi connectivity index (χ1) is 18.2. The molecule has 0 atom stereocenters. The van der Waals surface area contributed by atoms with Crippen molar-refractivity contribution in [1.29, 1.82) is 0 Å². The predicted molar refractivity (Wildman–Crippen MR) is 167 cm³/mol. The zero-order chi connectivity index (χ0) is 26.4. The summed E-state index contributed by atoms with van der Waals surface area (Å²) < 4.78 is 4.82. The molecule has 0 aliphatic carbocycles. The highest BCUT2D eigenvalue weighted by Gasteiger charge is 2.18. The van der Waals surface area contributed by atoms with Crippen LogP contribution in [0, 0.1) is 0 Å². The minimum Gasteiger partial charge on any atom is -0.308 e. The van der Waals surface area contributed by atoms with Gasteiger partial charge in [0.15, 0.2) is 0 Å². The van der Waals surface area contributed by atoms with Crippen LogP contribution in [0.3, 0.4) is 0 Å². The first-order valence-electron chi connectivity index (χ1n) is 12.8. The van der Waals surface area contributed by atoms with Gasteiger partial charge in [0.25, 0.3) is 0 Å². The lowest BCUT2D eigenvalue weighted by atomic mass is 10.1. The summed E-state index contributed by atoms with van der Waals surface area (Å²) in [6, 6.07) is 25.5. The van der Waals surface area contributed by atoms with Gasteiger partial charge in [0.2, 0.25) is 0 Å². The maximum Gasteiger partial charge on any atom is 0.0910 e. The molecule has 37 heavy (non-hydrogen) atoms. The van der Waals surface area contributed by atoms with Crippen molar-refractivity contribution in [3.8, 4) is 5.69 Å². The molecule has 3 heterocycles. The molecular formula is C33H33N3S. The zero-order valence-corrected chi connectivity index (χ0v) is 22.8. The SMILES string of the molecule is C=C/C=C(\N=C)c1ccc(-n2c3ccccc3c3cnc4c5ccccc5sc4c32)cc1.CC.CCC. The van der Waals surface area contributed by atoms with Crippen LogP contribution in [0.2, 0.25) is 0 Å². The maximum atomic E-state index is 4.88. The van der Waals surface area contributed by atoms with E-state index < -0.39 is 0 Å². The fraction of sp³-hybridized carbons (Fsp3) is 0.152. The first-order valence-corrected chi connectivity index (χ1v) is 13.6. The van der Waals surface area contributed by atoms with Crippen molar-refractivity contribution >= 4 is 65.9 Å². The molecule has 4 heteroatoms. The maximum absolute atomic E-state index is 4.88. The van der Waals surface area contributed by atoms with Crippen LogP contribution in [-0.2, 0) is 0 Å². The fourth-order valence-electron chi connectivity index (χ4n) is 4.47. The number of aliphatic imine (C=N–C) groups is 1. The molecule has 0 saturated carbocycles. The third-order valence-electron chi connectivity index (χ3n) is 5.89. The minimum atomic E-state index is 0.810. The highest BCUT2D eigenvalue weighted by Crippen LogP contribution is 2.41. The summed E-state index contributed by atoms with van der Waals surface area (Å²) in [6.45, 7) is 15.7. The predicted octanol–water partition coefficient (Wildman–Crippen LogP) is 10.2. The quantitative estimate of drug-likeness (QED) is 0.174. The molecule has 0 fully saturated rings. The number of hydrogen-bond acceptors (Lipinski definition) is 3. The molecule has 3 nitrogen and oxygen atoms in total. The normalized spacial score (nSPS) is 11.2. The third kappa shape index (κ3) is 4.73. The Balaban J connectivity index is 0.000000599. The van der Waals surface area contributed by atoms with Crippen molar-refractivity contribution in [3.63, 3.8) is 0 Å². The van der Waals surface area contributed by atoms with E-state index in [1.165, 1.54) is 43.0 Å². The van der Waals surface area contributed by atoms with E-state index in [4.69, 9.17) is 4.98 Å². The largest absolute Gasteiger partial charge is 0.308 e. The van der Waals surface area contributed by atoms with Gasteiger partial charge in [0.05, 0.1) is 26.9 Å².